The van der Waals surface area contributed by atoms with Crippen molar-refractivity contribution in [3.8, 4) is 0 Å². The third-order valence-electron chi connectivity index (χ3n) is 3.54. The Balaban J connectivity index is 2.19. The van der Waals surface area contributed by atoms with Crippen LogP contribution in [0, 0.1) is 5.82 Å². The molecule has 112 valence electrons. The van der Waals surface area contributed by atoms with E-state index in [2.05, 4.69) is 47.2 Å². The number of rotatable bonds is 6. The molecule has 0 aliphatic carbocycles. The first kappa shape index (κ1) is 16.2. The van der Waals surface area contributed by atoms with E-state index < -0.39 is 0 Å². The topological polar surface area (TPSA) is 12.0 Å². The van der Waals surface area contributed by atoms with E-state index in [1.807, 2.05) is 24.3 Å². The van der Waals surface area contributed by atoms with E-state index in [9.17, 15) is 4.39 Å². The molecule has 0 saturated heterocycles. The predicted molar refractivity (Wildman–Crippen MR) is 90.1 cm³/mol. The van der Waals surface area contributed by atoms with Gasteiger partial charge in [-0.05, 0) is 35.7 Å². The standard InChI is InChI=1S/C18H21BrFN/c1-13(2)21-12-16(14-7-9-17(19)10-8-14)11-15-5-3-4-6-18(15)20/h3-10,13,16,21H,11-12H2,1-2H3. The van der Waals surface area contributed by atoms with Crippen molar-refractivity contribution >= 4 is 15.9 Å². The van der Waals surface area contributed by atoms with E-state index in [1.165, 1.54) is 11.6 Å². The second-order valence-electron chi connectivity index (χ2n) is 5.61. The van der Waals surface area contributed by atoms with E-state index >= 15 is 0 Å². The van der Waals surface area contributed by atoms with Crippen molar-refractivity contribution in [2.75, 3.05) is 6.54 Å². The van der Waals surface area contributed by atoms with Gasteiger partial charge < -0.3 is 5.32 Å². The Labute approximate surface area is 134 Å². The molecule has 2 rings (SSSR count). The molecule has 1 unspecified atom stereocenters. The first-order chi connectivity index (χ1) is 10.1. The Hall–Kier alpha value is -1.19. The molecule has 0 heterocycles. The molecule has 0 radical (unpaired) electrons. The van der Waals surface area contributed by atoms with Gasteiger partial charge in [-0.25, -0.2) is 4.39 Å². The van der Waals surface area contributed by atoms with Gasteiger partial charge in [0.1, 0.15) is 5.82 Å². The summed E-state index contributed by atoms with van der Waals surface area (Å²) in [5.41, 5.74) is 2.01. The average molecular weight is 350 g/mol. The van der Waals surface area contributed by atoms with Crippen LogP contribution < -0.4 is 5.32 Å². The predicted octanol–water partition coefficient (Wildman–Crippen LogP) is 4.91. The smallest absolute Gasteiger partial charge is 0.126 e. The lowest BCUT2D eigenvalue weighted by atomic mass is 9.91. The SMILES string of the molecule is CC(C)NCC(Cc1ccccc1F)c1ccc(Br)cc1. The number of benzene rings is 2. The summed E-state index contributed by atoms with van der Waals surface area (Å²) in [6.45, 7) is 5.09. The molecule has 1 nitrogen and oxygen atoms in total. The van der Waals surface area contributed by atoms with Crippen molar-refractivity contribution in [3.63, 3.8) is 0 Å². The minimum absolute atomic E-state index is 0.121. The van der Waals surface area contributed by atoms with Crippen LogP contribution in [0.5, 0.6) is 0 Å². The summed E-state index contributed by atoms with van der Waals surface area (Å²) in [5, 5.41) is 3.46. The third kappa shape index (κ3) is 4.94. The van der Waals surface area contributed by atoms with Gasteiger partial charge in [0.05, 0.1) is 0 Å². The Kier molecular flexibility index (Phi) is 5.95. The molecule has 0 saturated carbocycles. The van der Waals surface area contributed by atoms with Gasteiger partial charge in [0, 0.05) is 23.0 Å². The lowest BCUT2D eigenvalue weighted by Gasteiger charge is -2.20. The number of hydrogen-bond donors (Lipinski definition) is 1. The van der Waals surface area contributed by atoms with Crippen molar-refractivity contribution < 1.29 is 4.39 Å². The molecule has 0 aliphatic heterocycles. The highest BCUT2D eigenvalue weighted by Crippen LogP contribution is 2.23. The second kappa shape index (κ2) is 7.71. The van der Waals surface area contributed by atoms with Crippen LogP contribution in [0.2, 0.25) is 0 Å². The molecule has 3 heteroatoms. The molecule has 0 bridgehead atoms. The molecule has 2 aromatic rings. The monoisotopic (exact) mass is 349 g/mol. The molecule has 0 spiro atoms. The maximum absolute atomic E-state index is 13.9. The van der Waals surface area contributed by atoms with Crippen LogP contribution >= 0.6 is 15.9 Å². The van der Waals surface area contributed by atoms with E-state index in [0.717, 1.165) is 16.6 Å². The van der Waals surface area contributed by atoms with Crippen LogP contribution in [0.4, 0.5) is 4.39 Å². The summed E-state index contributed by atoms with van der Waals surface area (Å²) in [5.74, 6) is 0.140. The van der Waals surface area contributed by atoms with Crippen molar-refractivity contribution in [3.05, 3.63) is 69.9 Å². The fourth-order valence-electron chi connectivity index (χ4n) is 2.35. The van der Waals surface area contributed by atoms with Crippen LogP contribution in [0.25, 0.3) is 0 Å². The Morgan fingerprint density at radius 1 is 1.05 bits per heavy atom. The van der Waals surface area contributed by atoms with E-state index in [1.54, 1.807) is 6.07 Å². The minimum Gasteiger partial charge on any atom is -0.314 e. The molecular weight excluding hydrogens is 329 g/mol. The third-order valence-corrected chi connectivity index (χ3v) is 4.07. The quantitative estimate of drug-likeness (QED) is 0.780. The zero-order valence-electron chi connectivity index (χ0n) is 12.4. The van der Waals surface area contributed by atoms with E-state index in [4.69, 9.17) is 0 Å². The summed E-state index contributed by atoms with van der Waals surface area (Å²) in [4.78, 5) is 0. The van der Waals surface area contributed by atoms with Gasteiger partial charge in [-0.3, -0.25) is 0 Å². The number of hydrogen-bond acceptors (Lipinski definition) is 1. The van der Waals surface area contributed by atoms with Crippen LogP contribution in [-0.4, -0.2) is 12.6 Å². The fraction of sp³-hybridized carbons (Fsp3) is 0.333. The lowest BCUT2D eigenvalue weighted by Crippen LogP contribution is -2.29. The molecule has 21 heavy (non-hydrogen) atoms. The van der Waals surface area contributed by atoms with E-state index in [-0.39, 0.29) is 11.7 Å². The van der Waals surface area contributed by atoms with Crippen molar-refractivity contribution in [2.45, 2.75) is 32.2 Å². The molecular formula is C18H21BrFN. The summed E-state index contributed by atoms with van der Waals surface area (Å²) < 4.78 is 15.0. The van der Waals surface area contributed by atoms with Gasteiger partial charge in [0.2, 0.25) is 0 Å². The zero-order valence-corrected chi connectivity index (χ0v) is 14.0. The summed E-state index contributed by atoms with van der Waals surface area (Å²) in [7, 11) is 0. The normalized spacial score (nSPS) is 12.6. The van der Waals surface area contributed by atoms with Gasteiger partial charge in [0.15, 0.2) is 0 Å². The van der Waals surface area contributed by atoms with Crippen molar-refractivity contribution in [1.82, 2.24) is 5.32 Å². The maximum atomic E-state index is 13.9. The summed E-state index contributed by atoms with van der Waals surface area (Å²) >= 11 is 3.46. The summed E-state index contributed by atoms with van der Waals surface area (Å²) in [6, 6.07) is 15.8. The van der Waals surface area contributed by atoms with Gasteiger partial charge in [-0.1, -0.05) is 60.1 Å². The molecule has 0 fully saturated rings. The van der Waals surface area contributed by atoms with E-state index in [0.29, 0.717) is 12.5 Å². The fourth-order valence-corrected chi connectivity index (χ4v) is 2.61. The first-order valence-corrected chi connectivity index (χ1v) is 8.08. The second-order valence-corrected chi connectivity index (χ2v) is 6.52. The highest BCUT2D eigenvalue weighted by atomic mass is 79.9. The van der Waals surface area contributed by atoms with Gasteiger partial charge >= 0.3 is 0 Å². The van der Waals surface area contributed by atoms with Gasteiger partial charge in [0.25, 0.3) is 0 Å². The molecule has 0 aromatic heterocycles. The summed E-state index contributed by atoms with van der Waals surface area (Å²) in [6.07, 6.45) is 0.702. The molecule has 0 amide bonds. The molecule has 2 aromatic carbocycles. The number of halogens is 2. The van der Waals surface area contributed by atoms with Crippen molar-refractivity contribution in [2.24, 2.45) is 0 Å². The van der Waals surface area contributed by atoms with Crippen LogP contribution in [0.1, 0.15) is 30.9 Å². The van der Waals surface area contributed by atoms with Gasteiger partial charge in [-0.2, -0.15) is 0 Å². The highest BCUT2D eigenvalue weighted by Gasteiger charge is 2.15. The van der Waals surface area contributed by atoms with Crippen molar-refractivity contribution in [1.29, 1.82) is 0 Å². The van der Waals surface area contributed by atoms with Crippen LogP contribution in [0.3, 0.4) is 0 Å². The van der Waals surface area contributed by atoms with Crippen LogP contribution in [0.15, 0.2) is 53.0 Å². The Morgan fingerprint density at radius 2 is 1.71 bits per heavy atom. The van der Waals surface area contributed by atoms with Crippen LogP contribution in [-0.2, 0) is 6.42 Å². The Bertz CT molecular complexity index is 566. The van der Waals surface area contributed by atoms with Gasteiger partial charge in [-0.15, -0.1) is 0 Å². The lowest BCUT2D eigenvalue weighted by molar-refractivity contribution is 0.517. The molecule has 0 aliphatic rings. The largest absolute Gasteiger partial charge is 0.314 e. The highest BCUT2D eigenvalue weighted by molar-refractivity contribution is 9.10. The molecule has 1 atom stereocenters. The number of nitrogens with one attached hydrogen (secondary N) is 1. The average Bonchev–Trinajstić information content (AvgIpc) is 2.46. The maximum Gasteiger partial charge on any atom is 0.126 e. The minimum atomic E-state index is -0.121. The first-order valence-electron chi connectivity index (χ1n) is 7.28. The zero-order chi connectivity index (χ0) is 15.2. The molecule has 1 N–H and O–H groups in total. The Morgan fingerprint density at radius 3 is 2.33 bits per heavy atom.